The first-order valence-electron chi connectivity index (χ1n) is 8.55. The van der Waals surface area contributed by atoms with Crippen molar-refractivity contribution in [3.8, 4) is 5.69 Å². The molecule has 5 nitrogen and oxygen atoms in total. The molecule has 0 spiro atoms. The summed E-state index contributed by atoms with van der Waals surface area (Å²) in [4.78, 5) is 12.3. The molecule has 0 saturated heterocycles. The normalized spacial score (nSPS) is 20.8. The van der Waals surface area contributed by atoms with E-state index in [-0.39, 0.29) is 5.91 Å². The van der Waals surface area contributed by atoms with Gasteiger partial charge in [-0.2, -0.15) is 0 Å². The molecule has 1 N–H and O–H groups in total. The van der Waals surface area contributed by atoms with Gasteiger partial charge >= 0.3 is 0 Å². The van der Waals surface area contributed by atoms with E-state index in [4.69, 9.17) is 0 Å². The molecule has 1 aliphatic carbocycles. The van der Waals surface area contributed by atoms with Crippen LogP contribution < -0.4 is 5.32 Å². The Hall–Kier alpha value is -1.82. The molecule has 1 heterocycles. The van der Waals surface area contributed by atoms with Gasteiger partial charge in [0.25, 0.3) is 0 Å². The Morgan fingerprint density at radius 3 is 2.75 bits per heavy atom. The molecule has 1 aliphatic rings. The Bertz CT molecular complexity index is 686. The number of nitrogens with zero attached hydrogens (tertiary/aromatic N) is 3. The highest BCUT2D eigenvalue weighted by Gasteiger charge is 2.23. The molecule has 1 saturated carbocycles. The highest BCUT2D eigenvalue weighted by molar-refractivity contribution is 7.99. The van der Waals surface area contributed by atoms with E-state index in [0.717, 1.165) is 23.1 Å². The predicted molar refractivity (Wildman–Crippen MR) is 96.4 cm³/mol. The summed E-state index contributed by atoms with van der Waals surface area (Å²) in [5.41, 5.74) is 1.02. The average Bonchev–Trinajstić information content (AvgIpc) is 2.96. The van der Waals surface area contributed by atoms with Crippen LogP contribution in [-0.4, -0.2) is 32.5 Å². The van der Waals surface area contributed by atoms with Gasteiger partial charge < -0.3 is 5.32 Å². The van der Waals surface area contributed by atoms with Gasteiger partial charge in [0, 0.05) is 11.7 Å². The minimum atomic E-state index is 0.0824. The van der Waals surface area contributed by atoms with E-state index in [1.165, 1.54) is 31.0 Å². The lowest BCUT2D eigenvalue weighted by molar-refractivity contribution is -0.119. The van der Waals surface area contributed by atoms with Crippen LogP contribution in [0.1, 0.15) is 38.4 Å². The summed E-state index contributed by atoms with van der Waals surface area (Å²) >= 11 is 1.44. The zero-order chi connectivity index (χ0) is 16.9. The van der Waals surface area contributed by atoms with Crippen LogP contribution in [-0.2, 0) is 4.79 Å². The van der Waals surface area contributed by atoms with E-state index in [1.807, 2.05) is 41.8 Å². The van der Waals surface area contributed by atoms with Crippen molar-refractivity contribution in [3.05, 3.63) is 36.2 Å². The second-order valence-corrected chi connectivity index (χ2v) is 7.37. The molecule has 0 aliphatic heterocycles. The lowest BCUT2D eigenvalue weighted by atomic mass is 9.86. The van der Waals surface area contributed by atoms with Crippen molar-refractivity contribution >= 4 is 17.7 Å². The Kier molecular flexibility index (Phi) is 5.56. The summed E-state index contributed by atoms with van der Waals surface area (Å²) in [5.74, 6) is 1.85. The molecule has 3 rings (SSSR count). The summed E-state index contributed by atoms with van der Waals surface area (Å²) in [5, 5.41) is 12.3. The zero-order valence-corrected chi connectivity index (χ0v) is 15.1. The first kappa shape index (κ1) is 17.0. The second-order valence-electron chi connectivity index (χ2n) is 6.43. The van der Waals surface area contributed by atoms with E-state index < -0.39 is 0 Å². The van der Waals surface area contributed by atoms with Crippen LogP contribution in [0.25, 0.3) is 5.69 Å². The first-order valence-corrected chi connectivity index (χ1v) is 9.53. The smallest absolute Gasteiger partial charge is 0.230 e. The summed E-state index contributed by atoms with van der Waals surface area (Å²) in [6, 6.07) is 10.3. The number of amides is 1. The molecule has 6 heteroatoms. The SMILES string of the molecule is Cc1nnc(SCC(=O)N[C@H]2CCCC[C@H]2C)n1-c1ccccc1. The van der Waals surface area contributed by atoms with Crippen LogP contribution in [0.5, 0.6) is 0 Å². The first-order chi connectivity index (χ1) is 11.6. The van der Waals surface area contributed by atoms with Crippen molar-refractivity contribution in [3.63, 3.8) is 0 Å². The third-order valence-corrected chi connectivity index (χ3v) is 5.53. The highest BCUT2D eigenvalue weighted by Crippen LogP contribution is 2.25. The Morgan fingerprint density at radius 1 is 1.25 bits per heavy atom. The van der Waals surface area contributed by atoms with E-state index in [0.29, 0.717) is 17.7 Å². The molecule has 1 fully saturated rings. The fraction of sp³-hybridized carbons (Fsp3) is 0.500. The van der Waals surface area contributed by atoms with Gasteiger partial charge in [0.05, 0.1) is 5.75 Å². The number of nitrogens with one attached hydrogen (secondary N) is 1. The number of hydrogen-bond acceptors (Lipinski definition) is 4. The van der Waals surface area contributed by atoms with Crippen LogP contribution in [0.3, 0.4) is 0 Å². The van der Waals surface area contributed by atoms with Crippen LogP contribution in [0.15, 0.2) is 35.5 Å². The third kappa shape index (κ3) is 3.98. The molecule has 128 valence electrons. The van der Waals surface area contributed by atoms with Gasteiger partial charge in [0.1, 0.15) is 5.82 Å². The van der Waals surface area contributed by atoms with Crippen LogP contribution in [0.4, 0.5) is 0 Å². The molecule has 1 amide bonds. The molecule has 1 aromatic heterocycles. The zero-order valence-electron chi connectivity index (χ0n) is 14.2. The van der Waals surface area contributed by atoms with E-state index in [2.05, 4.69) is 22.4 Å². The largest absolute Gasteiger partial charge is 0.352 e. The fourth-order valence-electron chi connectivity index (χ4n) is 3.22. The minimum Gasteiger partial charge on any atom is -0.352 e. The Balaban J connectivity index is 1.62. The topological polar surface area (TPSA) is 59.8 Å². The Morgan fingerprint density at radius 2 is 2.00 bits per heavy atom. The maximum atomic E-state index is 12.3. The van der Waals surface area contributed by atoms with Gasteiger partial charge in [-0.25, -0.2) is 0 Å². The lowest BCUT2D eigenvalue weighted by Crippen LogP contribution is -2.41. The molecule has 2 aromatic rings. The van der Waals surface area contributed by atoms with Crippen molar-refractivity contribution in [2.75, 3.05) is 5.75 Å². The molecular weight excluding hydrogens is 320 g/mol. The van der Waals surface area contributed by atoms with Gasteiger partial charge in [0.2, 0.25) is 5.91 Å². The maximum absolute atomic E-state index is 12.3. The van der Waals surface area contributed by atoms with E-state index in [1.54, 1.807) is 0 Å². The van der Waals surface area contributed by atoms with Crippen molar-refractivity contribution in [1.29, 1.82) is 0 Å². The van der Waals surface area contributed by atoms with E-state index >= 15 is 0 Å². The average molecular weight is 344 g/mol. The van der Waals surface area contributed by atoms with Gasteiger partial charge in [-0.1, -0.05) is 49.7 Å². The van der Waals surface area contributed by atoms with Gasteiger partial charge in [0.15, 0.2) is 5.16 Å². The minimum absolute atomic E-state index is 0.0824. The second kappa shape index (κ2) is 7.83. The van der Waals surface area contributed by atoms with Crippen LogP contribution in [0, 0.1) is 12.8 Å². The molecule has 2 atom stereocenters. The monoisotopic (exact) mass is 344 g/mol. The number of benzene rings is 1. The number of carbonyl (C=O) groups excluding carboxylic acids is 1. The van der Waals surface area contributed by atoms with Gasteiger partial charge in [-0.3, -0.25) is 9.36 Å². The maximum Gasteiger partial charge on any atom is 0.230 e. The number of hydrogen-bond donors (Lipinski definition) is 1. The van der Waals surface area contributed by atoms with Crippen LogP contribution >= 0.6 is 11.8 Å². The highest BCUT2D eigenvalue weighted by atomic mass is 32.2. The summed E-state index contributed by atoms with van der Waals surface area (Å²) in [6.45, 7) is 4.15. The third-order valence-electron chi connectivity index (χ3n) is 4.60. The van der Waals surface area contributed by atoms with Crippen molar-refractivity contribution < 1.29 is 4.79 Å². The van der Waals surface area contributed by atoms with E-state index in [9.17, 15) is 4.79 Å². The van der Waals surface area contributed by atoms with Crippen molar-refractivity contribution in [2.24, 2.45) is 5.92 Å². The molecular formula is C18H24N4OS. The predicted octanol–water partition coefficient (Wildman–Crippen LogP) is 3.36. The number of carbonyl (C=O) groups is 1. The lowest BCUT2D eigenvalue weighted by Gasteiger charge is -2.29. The fourth-order valence-corrected chi connectivity index (χ4v) is 4.03. The molecule has 0 bridgehead atoms. The van der Waals surface area contributed by atoms with Gasteiger partial charge in [-0.15, -0.1) is 10.2 Å². The molecule has 0 unspecified atom stereocenters. The number of thioether (sulfide) groups is 1. The summed E-state index contributed by atoms with van der Waals surface area (Å²) < 4.78 is 1.99. The quantitative estimate of drug-likeness (QED) is 0.845. The Labute approximate surface area is 147 Å². The standard InChI is InChI=1S/C18H24N4OS/c1-13-8-6-7-11-16(13)19-17(23)12-24-18-21-20-14(2)22(18)15-9-4-3-5-10-15/h3-5,9-10,13,16H,6-8,11-12H2,1-2H3,(H,19,23)/t13-,16+/m1/s1. The number of rotatable bonds is 5. The number of aromatic nitrogens is 3. The van der Waals surface area contributed by atoms with Crippen LogP contribution in [0.2, 0.25) is 0 Å². The number of aryl methyl sites for hydroxylation is 1. The van der Waals surface area contributed by atoms with Crippen molar-refractivity contribution in [1.82, 2.24) is 20.1 Å². The summed E-state index contributed by atoms with van der Waals surface area (Å²) in [6.07, 6.45) is 4.79. The molecule has 1 aromatic carbocycles. The molecule has 0 radical (unpaired) electrons. The van der Waals surface area contributed by atoms with Gasteiger partial charge in [-0.05, 0) is 37.8 Å². The number of para-hydroxylation sites is 1. The molecule has 24 heavy (non-hydrogen) atoms. The van der Waals surface area contributed by atoms with Crippen molar-refractivity contribution in [2.45, 2.75) is 50.7 Å². The summed E-state index contributed by atoms with van der Waals surface area (Å²) in [7, 11) is 0.